The summed E-state index contributed by atoms with van der Waals surface area (Å²) in [4.78, 5) is 33.4. The highest BCUT2D eigenvalue weighted by atomic mass is 31.2. The molecule has 0 rings (SSSR count). The van der Waals surface area contributed by atoms with Gasteiger partial charge in [0.25, 0.3) is 0 Å². The molecule has 54 heavy (non-hydrogen) atoms. The van der Waals surface area contributed by atoms with Crippen molar-refractivity contribution in [1.29, 1.82) is 0 Å². The van der Waals surface area contributed by atoms with E-state index >= 15 is 0 Å². The monoisotopic (exact) mass is 786 g/mol. The number of hydrogen-bond acceptors (Lipinski definition) is 8. The van der Waals surface area contributed by atoms with Crippen molar-refractivity contribution in [3.05, 3.63) is 36.5 Å². The van der Waals surface area contributed by atoms with Crippen molar-refractivity contribution >= 4 is 19.8 Å². The fourth-order valence-corrected chi connectivity index (χ4v) is 6.56. The summed E-state index contributed by atoms with van der Waals surface area (Å²) >= 11 is 0. The minimum Gasteiger partial charge on any atom is -0.480 e. The minimum atomic E-state index is -4.61. The Morgan fingerprint density at radius 1 is 0.593 bits per heavy atom. The minimum absolute atomic E-state index is 0.0153. The summed E-state index contributed by atoms with van der Waals surface area (Å²) in [5.74, 6) is -1.78. The molecule has 11 heteroatoms. The van der Waals surface area contributed by atoms with Crippen molar-refractivity contribution in [2.24, 2.45) is 5.73 Å². The Morgan fingerprint density at radius 2 is 1.02 bits per heavy atom. The summed E-state index contributed by atoms with van der Waals surface area (Å²) in [6.45, 7) is 3.84. The predicted octanol–water partition coefficient (Wildman–Crippen LogP) is 11.7. The van der Waals surface area contributed by atoms with E-state index in [0.29, 0.717) is 13.0 Å². The maximum atomic E-state index is 12.6. The molecule has 0 heterocycles. The van der Waals surface area contributed by atoms with Gasteiger partial charge in [-0.25, -0.2) is 4.57 Å². The summed E-state index contributed by atoms with van der Waals surface area (Å²) in [5, 5.41) is 8.87. The summed E-state index contributed by atoms with van der Waals surface area (Å²) < 4.78 is 33.2. The average molecular weight is 786 g/mol. The van der Waals surface area contributed by atoms with E-state index in [4.69, 9.17) is 29.4 Å². The Kier molecular flexibility index (Phi) is 38.1. The van der Waals surface area contributed by atoms with Crippen LogP contribution in [0.15, 0.2) is 36.5 Å². The first-order chi connectivity index (χ1) is 26.2. The molecule has 0 spiro atoms. The van der Waals surface area contributed by atoms with E-state index in [-0.39, 0.29) is 13.0 Å². The zero-order valence-corrected chi connectivity index (χ0v) is 35.2. The molecule has 0 aliphatic rings. The Labute approximate surface area is 329 Å². The van der Waals surface area contributed by atoms with Crippen LogP contribution in [0.3, 0.4) is 0 Å². The van der Waals surface area contributed by atoms with Gasteiger partial charge in [0.1, 0.15) is 12.1 Å². The van der Waals surface area contributed by atoms with Gasteiger partial charge >= 0.3 is 19.8 Å². The van der Waals surface area contributed by atoms with Crippen molar-refractivity contribution in [2.45, 2.75) is 199 Å². The summed E-state index contributed by atoms with van der Waals surface area (Å²) in [7, 11) is -4.61. The molecular formula is C43H80NO9P. The van der Waals surface area contributed by atoms with Gasteiger partial charge in [0, 0.05) is 13.0 Å². The maximum Gasteiger partial charge on any atom is 0.472 e. The third-order valence-electron chi connectivity index (χ3n) is 9.17. The molecule has 4 N–H and O–H groups in total. The maximum absolute atomic E-state index is 12.6. The molecular weight excluding hydrogens is 705 g/mol. The molecule has 3 unspecified atom stereocenters. The predicted molar refractivity (Wildman–Crippen MR) is 221 cm³/mol. The number of carbonyl (C=O) groups is 2. The van der Waals surface area contributed by atoms with Crippen molar-refractivity contribution in [2.75, 3.05) is 26.4 Å². The lowest BCUT2D eigenvalue weighted by molar-refractivity contribution is -0.154. The van der Waals surface area contributed by atoms with Crippen LogP contribution in [0.1, 0.15) is 187 Å². The number of carboxylic acid groups (broad SMARTS) is 1. The van der Waals surface area contributed by atoms with Crippen molar-refractivity contribution in [1.82, 2.24) is 0 Å². The molecule has 0 fully saturated rings. The van der Waals surface area contributed by atoms with Gasteiger partial charge in [0.2, 0.25) is 0 Å². The van der Waals surface area contributed by atoms with E-state index < -0.39 is 45.1 Å². The van der Waals surface area contributed by atoms with Gasteiger partial charge in [-0.1, -0.05) is 166 Å². The number of unbranched alkanes of at least 4 members (excludes halogenated alkanes) is 21. The molecule has 0 aromatic rings. The fourth-order valence-electron chi connectivity index (χ4n) is 5.79. The molecule has 0 amide bonds. The Bertz CT molecular complexity index is 1000. The van der Waals surface area contributed by atoms with Crippen molar-refractivity contribution < 1.29 is 42.7 Å². The number of carboxylic acids is 1. The van der Waals surface area contributed by atoms with Gasteiger partial charge in [-0.15, -0.1) is 0 Å². The number of allylic oxidation sites excluding steroid dienone is 6. The van der Waals surface area contributed by atoms with Gasteiger partial charge < -0.3 is 25.2 Å². The number of rotatable bonds is 41. The fraction of sp³-hybridized carbons (Fsp3) is 0.814. The number of esters is 1. The lowest BCUT2D eigenvalue weighted by Crippen LogP contribution is -2.34. The van der Waals surface area contributed by atoms with E-state index in [0.717, 1.165) is 57.8 Å². The van der Waals surface area contributed by atoms with Gasteiger partial charge in [-0.2, -0.15) is 0 Å². The lowest BCUT2D eigenvalue weighted by atomic mass is 10.1. The molecule has 10 nitrogen and oxygen atoms in total. The van der Waals surface area contributed by atoms with E-state index in [1.165, 1.54) is 103 Å². The smallest absolute Gasteiger partial charge is 0.472 e. The number of hydrogen-bond donors (Lipinski definition) is 3. The normalized spacial score (nSPS) is 14.3. The highest BCUT2D eigenvalue weighted by molar-refractivity contribution is 7.47. The molecule has 0 aliphatic carbocycles. The number of ether oxygens (including phenoxy) is 2. The molecule has 0 aliphatic heterocycles. The van der Waals surface area contributed by atoms with Crippen LogP contribution in [0, 0.1) is 0 Å². The second kappa shape index (κ2) is 39.4. The van der Waals surface area contributed by atoms with Gasteiger partial charge in [0.05, 0.1) is 19.8 Å². The number of carbonyl (C=O) groups excluding carboxylic acids is 1. The Balaban J connectivity index is 4.14. The van der Waals surface area contributed by atoms with E-state index in [9.17, 15) is 19.0 Å². The topological polar surface area (TPSA) is 155 Å². The number of aliphatic carboxylic acids is 1. The van der Waals surface area contributed by atoms with Gasteiger partial charge in [0.15, 0.2) is 0 Å². The highest BCUT2D eigenvalue weighted by Crippen LogP contribution is 2.43. The standard InChI is InChI=1S/C43H80NO9P/c1-3-5-7-9-11-13-14-15-16-17-18-19-20-21-22-23-24-25-26-27-29-31-33-35-42(45)53-40(38-51-54(48,49)52-39-41(44)43(46)47)37-50-36-34-32-30-28-12-10-8-6-4-2/h14-15,17-18,20-21,40-41H,3-13,16,19,22-39,44H2,1-2H3,(H,46,47)(H,48,49)/b15-14-,18-17-,21-20-. The number of phosphoric ester groups is 1. The molecule has 0 bridgehead atoms. The molecule has 3 atom stereocenters. The van der Waals surface area contributed by atoms with Crippen LogP contribution in [0.4, 0.5) is 0 Å². The SMILES string of the molecule is CCCCCCC/C=C\C/C=C\C/C=C\CCCCCCCCCCC(=O)OC(COCCCCCCCCCCC)COP(=O)(O)OCC(N)C(=O)O. The zero-order chi connectivity index (χ0) is 39.8. The van der Waals surface area contributed by atoms with Crippen LogP contribution in [0.5, 0.6) is 0 Å². The number of nitrogens with two attached hydrogens (primary N) is 1. The molecule has 0 aromatic carbocycles. The average Bonchev–Trinajstić information content (AvgIpc) is 3.15. The summed E-state index contributed by atoms with van der Waals surface area (Å²) in [6.07, 6.45) is 43.5. The second-order valence-electron chi connectivity index (χ2n) is 14.5. The van der Waals surface area contributed by atoms with Crippen LogP contribution in [-0.4, -0.2) is 60.5 Å². The molecule has 0 aromatic heterocycles. The van der Waals surface area contributed by atoms with E-state index in [2.05, 4.69) is 50.3 Å². The number of phosphoric acid groups is 1. The molecule has 0 saturated carbocycles. The first-order valence-electron chi connectivity index (χ1n) is 21.5. The van der Waals surface area contributed by atoms with Crippen LogP contribution in [0.25, 0.3) is 0 Å². The first kappa shape index (κ1) is 52.2. The quantitative estimate of drug-likeness (QED) is 0.0236. The third-order valence-corrected chi connectivity index (χ3v) is 10.1. The third kappa shape index (κ3) is 38.5. The first-order valence-corrected chi connectivity index (χ1v) is 23.0. The highest BCUT2D eigenvalue weighted by Gasteiger charge is 2.27. The van der Waals surface area contributed by atoms with Crippen molar-refractivity contribution in [3.63, 3.8) is 0 Å². The lowest BCUT2D eigenvalue weighted by Gasteiger charge is -2.20. The summed E-state index contributed by atoms with van der Waals surface area (Å²) in [5.41, 5.74) is 5.34. The van der Waals surface area contributed by atoms with Crippen LogP contribution < -0.4 is 5.73 Å². The van der Waals surface area contributed by atoms with Gasteiger partial charge in [-0.3, -0.25) is 18.6 Å². The van der Waals surface area contributed by atoms with E-state index in [1.807, 2.05) is 0 Å². The molecule has 0 radical (unpaired) electrons. The molecule has 0 saturated heterocycles. The van der Waals surface area contributed by atoms with Crippen LogP contribution >= 0.6 is 7.82 Å². The van der Waals surface area contributed by atoms with E-state index in [1.54, 1.807) is 0 Å². The summed E-state index contributed by atoms with van der Waals surface area (Å²) in [6, 6.07) is -1.47. The Morgan fingerprint density at radius 3 is 1.52 bits per heavy atom. The van der Waals surface area contributed by atoms with Crippen LogP contribution in [0.2, 0.25) is 0 Å². The molecule has 316 valence electrons. The second-order valence-corrected chi connectivity index (χ2v) is 15.9. The largest absolute Gasteiger partial charge is 0.480 e. The van der Waals surface area contributed by atoms with Crippen LogP contribution in [-0.2, 0) is 32.7 Å². The van der Waals surface area contributed by atoms with Gasteiger partial charge in [-0.05, 0) is 51.4 Å². The Hall–Kier alpha value is -1.81. The zero-order valence-electron chi connectivity index (χ0n) is 34.3. The van der Waals surface area contributed by atoms with Crippen molar-refractivity contribution in [3.8, 4) is 0 Å².